The molecule has 14 heavy (non-hydrogen) atoms. The lowest BCUT2D eigenvalue weighted by Gasteiger charge is -2.27. The molecule has 0 aromatic heterocycles. The summed E-state index contributed by atoms with van der Waals surface area (Å²) in [5, 5.41) is 6.23. The van der Waals surface area contributed by atoms with E-state index in [1.165, 1.54) is 0 Å². The van der Waals surface area contributed by atoms with Gasteiger partial charge in [-0.25, -0.2) is 0 Å². The zero-order valence-corrected chi connectivity index (χ0v) is 6.43. The predicted octanol–water partition coefficient (Wildman–Crippen LogP) is 3.03. The number of hydrogen-bond donors (Lipinski definition) is 1. The third-order valence-electron chi connectivity index (χ3n) is 1.29. The average Bonchev–Trinajstić information content (AvgIpc) is 2.00. The van der Waals surface area contributed by atoms with Crippen molar-refractivity contribution in [2.24, 2.45) is 0 Å². The van der Waals surface area contributed by atoms with Gasteiger partial charge in [0, 0.05) is 0 Å². The highest BCUT2D eigenvalue weighted by Gasteiger charge is 2.74. The fourth-order valence-corrected chi connectivity index (χ4v) is 0.475. The van der Waals surface area contributed by atoms with E-state index in [9.17, 15) is 30.7 Å². The highest BCUT2D eigenvalue weighted by Crippen LogP contribution is 2.46. The maximum Gasteiger partial charge on any atom is 0.460 e. The van der Waals surface area contributed by atoms with Crippen LogP contribution in [0.15, 0.2) is 12.7 Å². The molecule has 0 fully saturated rings. The van der Waals surface area contributed by atoms with Crippen LogP contribution >= 0.6 is 0 Å². The highest BCUT2D eigenvalue weighted by atomic mass is 19.4. The van der Waals surface area contributed by atoms with E-state index >= 15 is 0 Å². The summed E-state index contributed by atoms with van der Waals surface area (Å²) >= 11 is 0. The molecule has 8 heteroatoms. The van der Waals surface area contributed by atoms with Crippen molar-refractivity contribution in [1.82, 2.24) is 0 Å². The maximum absolute atomic E-state index is 12.3. The monoisotopic (exact) mass is 223 g/mol. The number of halogens is 7. The van der Waals surface area contributed by atoms with Crippen LogP contribution in [0.5, 0.6) is 0 Å². The Bertz CT molecular complexity index is 251. The molecule has 0 radical (unpaired) electrons. The molecule has 0 bridgehead atoms. The molecule has 82 valence electrons. The minimum atomic E-state index is -6.41. The SMILES string of the molecule is C=CC(=N)C(F)(F)C(F)(F)C(F)(F)F. The molecule has 0 saturated heterocycles. The number of allylic oxidation sites excluding steroid dienone is 1. The summed E-state index contributed by atoms with van der Waals surface area (Å²) in [4.78, 5) is 0. The fourth-order valence-electron chi connectivity index (χ4n) is 0.475. The van der Waals surface area contributed by atoms with Crippen LogP contribution in [0.3, 0.4) is 0 Å². The standard InChI is InChI=1S/C6H4F7N/c1-2-3(14)4(7,8)5(9,10)6(11,12)13/h2,14H,1H2. The first-order valence-corrected chi connectivity index (χ1v) is 3.02. The quantitative estimate of drug-likeness (QED) is 0.561. The van der Waals surface area contributed by atoms with Crippen molar-refractivity contribution in [2.75, 3.05) is 0 Å². The summed E-state index contributed by atoms with van der Waals surface area (Å²) in [6.07, 6.45) is -6.48. The summed E-state index contributed by atoms with van der Waals surface area (Å²) < 4.78 is 83.2. The molecular weight excluding hydrogens is 219 g/mol. The van der Waals surface area contributed by atoms with Crippen molar-refractivity contribution in [3.63, 3.8) is 0 Å². The Morgan fingerprint density at radius 3 is 1.57 bits per heavy atom. The second-order valence-corrected chi connectivity index (χ2v) is 2.26. The summed E-state index contributed by atoms with van der Waals surface area (Å²) in [6, 6.07) is 0. The van der Waals surface area contributed by atoms with Crippen molar-refractivity contribution in [1.29, 1.82) is 5.41 Å². The fraction of sp³-hybridized carbons (Fsp3) is 0.500. The van der Waals surface area contributed by atoms with Crippen LogP contribution in [-0.2, 0) is 0 Å². The second-order valence-electron chi connectivity index (χ2n) is 2.26. The van der Waals surface area contributed by atoms with Gasteiger partial charge in [0.25, 0.3) is 0 Å². The Kier molecular flexibility index (Phi) is 3.00. The summed E-state index contributed by atoms with van der Waals surface area (Å²) in [7, 11) is 0. The lowest BCUT2D eigenvalue weighted by Crippen LogP contribution is -2.55. The van der Waals surface area contributed by atoms with Gasteiger partial charge < -0.3 is 0 Å². The molecule has 0 aliphatic heterocycles. The van der Waals surface area contributed by atoms with Gasteiger partial charge in [0.2, 0.25) is 0 Å². The van der Waals surface area contributed by atoms with Gasteiger partial charge in [-0.2, -0.15) is 30.7 Å². The normalized spacial score (nSPS) is 13.9. The minimum Gasteiger partial charge on any atom is -0.299 e. The molecule has 0 atom stereocenters. The van der Waals surface area contributed by atoms with Crippen LogP contribution in [-0.4, -0.2) is 23.7 Å². The number of hydrogen-bond acceptors (Lipinski definition) is 1. The molecule has 0 aromatic rings. The summed E-state index contributed by atoms with van der Waals surface area (Å²) in [5.41, 5.74) is -2.18. The first-order valence-electron chi connectivity index (χ1n) is 3.02. The van der Waals surface area contributed by atoms with Crippen LogP contribution < -0.4 is 0 Å². The van der Waals surface area contributed by atoms with Gasteiger partial charge in [0.1, 0.15) is 5.71 Å². The van der Waals surface area contributed by atoms with E-state index in [-0.39, 0.29) is 6.08 Å². The molecule has 1 nitrogen and oxygen atoms in total. The smallest absolute Gasteiger partial charge is 0.299 e. The Hall–Kier alpha value is -1.08. The lowest BCUT2D eigenvalue weighted by molar-refractivity contribution is -0.336. The van der Waals surface area contributed by atoms with Gasteiger partial charge in [-0.05, 0) is 6.08 Å². The summed E-state index contributed by atoms with van der Waals surface area (Å²) in [6.45, 7) is 2.52. The highest BCUT2D eigenvalue weighted by molar-refractivity contribution is 5.98. The molecule has 0 amide bonds. The Balaban J connectivity index is 5.28. The van der Waals surface area contributed by atoms with E-state index in [4.69, 9.17) is 5.41 Å². The molecule has 0 rings (SSSR count). The topological polar surface area (TPSA) is 23.9 Å². The first kappa shape index (κ1) is 12.9. The first-order chi connectivity index (χ1) is 5.98. The van der Waals surface area contributed by atoms with Crippen molar-refractivity contribution >= 4 is 5.71 Å². The molecule has 0 aliphatic carbocycles. The van der Waals surface area contributed by atoms with Crippen molar-refractivity contribution in [3.05, 3.63) is 12.7 Å². The van der Waals surface area contributed by atoms with Gasteiger partial charge in [0.15, 0.2) is 0 Å². The molecule has 0 aliphatic rings. The van der Waals surface area contributed by atoms with Crippen LogP contribution in [0.2, 0.25) is 0 Å². The van der Waals surface area contributed by atoms with Crippen LogP contribution in [0.25, 0.3) is 0 Å². The van der Waals surface area contributed by atoms with E-state index in [1.807, 2.05) is 0 Å². The third kappa shape index (κ3) is 1.73. The van der Waals surface area contributed by atoms with Gasteiger partial charge in [0.05, 0.1) is 0 Å². The van der Waals surface area contributed by atoms with Crippen molar-refractivity contribution in [3.8, 4) is 0 Å². The molecular formula is C6H4F7N. The van der Waals surface area contributed by atoms with Crippen molar-refractivity contribution < 1.29 is 30.7 Å². The van der Waals surface area contributed by atoms with E-state index in [0.717, 1.165) is 0 Å². The van der Waals surface area contributed by atoms with E-state index in [2.05, 4.69) is 6.58 Å². The Morgan fingerprint density at radius 1 is 1.00 bits per heavy atom. The maximum atomic E-state index is 12.3. The average molecular weight is 223 g/mol. The number of alkyl halides is 7. The van der Waals surface area contributed by atoms with E-state index in [1.54, 1.807) is 0 Å². The largest absolute Gasteiger partial charge is 0.460 e. The van der Waals surface area contributed by atoms with Gasteiger partial charge >= 0.3 is 18.0 Å². The Morgan fingerprint density at radius 2 is 1.36 bits per heavy atom. The molecule has 0 spiro atoms. The molecule has 0 heterocycles. The third-order valence-corrected chi connectivity index (χ3v) is 1.29. The van der Waals surface area contributed by atoms with Gasteiger partial charge in [-0.3, -0.25) is 5.41 Å². The lowest BCUT2D eigenvalue weighted by atomic mass is 10.1. The second kappa shape index (κ2) is 3.25. The minimum absolute atomic E-state index is 0.0698. The number of rotatable bonds is 3. The molecule has 0 aromatic carbocycles. The molecule has 0 saturated carbocycles. The zero-order chi connectivity index (χ0) is 11.8. The van der Waals surface area contributed by atoms with Crippen LogP contribution in [0.4, 0.5) is 30.7 Å². The van der Waals surface area contributed by atoms with E-state index in [0.29, 0.717) is 0 Å². The van der Waals surface area contributed by atoms with Gasteiger partial charge in [-0.15, -0.1) is 0 Å². The van der Waals surface area contributed by atoms with Crippen molar-refractivity contribution in [2.45, 2.75) is 18.0 Å². The van der Waals surface area contributed by atoms with Gasteiger partial charge in [-0.1, -0.05) is 6.58 Å². The summed E-state index contributed by atoms with van der Waals surface area (Å²) in [5.74, 6) is -11.9. The predicted molar refractivity (Wildman–Crippen MR) is 33.9 cm³/mol. The Labute approximate surface area is 73.7 Å². The van der Waals surface area contributed by atoms with E-state index < -0.39 is 23.7 Å². The number of nitrogens with one attached hydrogen (secondary N) is 1. The van der Waals surface area contributed by atoms with Crippen LogP contribution in [0.1, 0.15) is 0 Å². The molecule has 1 N–H and O–H groups in total. The molecule has 0 unspecified atom stereocenters. The van der Waals surface area contributed by atoms with Crippen LogP contribution in [0, 0.1) is 5.41 Å². The zero-order valence-electron chi connectivity index (χ0n) is 6.43.